The molecule has 0 bridgehead atoms. The number of aromatic nitrogens is 1. The maximum Gasteiger partial charge on any atom is 0.0492 e. The largest absolute Gasteiger partial charge is 0.340 e. The lowest BCUT2D eigenvalue weighted by Gasteiger charge is -2.06. The molecule has 0 saturated carbocycles. The molecule has 0 amide bonds. The van der Waals surface area contributed by atoms with E-state index in [9.17, 15) is 0 Å². The number of nitrogens with zero attached hydrogens (tertiary/aromatic N) is 1. The van der Waals surface area contributed by atoms with Gasteiger partial charge in [0.25, 0.3) is 0 Å². The van der Waals surface area contributed by atoms with Gasteiger partial charge >= 0.3 is 0 Å². The van der Waals surface area contributed by atoms with Gasteiger partial charge in [0.15, 0.2) is 0 Å². The van der Waals surface area contributed by atoms with Crippen LogP contribution in [0, 0.1) is 0 Å². The maximum absolute atomic E-state index is 6.13. The first-order valence-corrected chi connectivity index (χ1v) is 7.33. The fraction of sp³-hybridized carbons (Fsp3) is 0.250. The number of fused-ring (bicyclic) bond motifs is 3. The molecule has 0 spiro atoms. The first kappa shape index (κ1) is 12.8. The standard InChI is InChI=1S/C16H15Cl2N/c1-2-3-8-19-15-6-4-11(17)9-13(15)14-10-12(18)5-7-16(14)19/h4-7,9-10H,2-3,8H2,1H3. The summed E-state index contributed by atoms with van der Waals surface area (Å²) in [6.45, 7) is 3.24. The van der Waals surface area contributed by atoms with Gasteiger partial charge in [-0.2, -0.15) is 0 Å². The van der Waals surface area contributed by atoms with Gasteiger partial charge in [0.1, 0.15) is 0 Å². The molecule has 2 aromatic carbocycles. The Kier molecular flexibility index (Phi) is 3.42. The highest BCUT2D eigenvalue weighted by Gasteiger charge is 2.10. The highest BCUT2D eigenvalue weighted by atomic mass is 35.5. The molecule has 0 N–H and O–H groups in total. The predicted molar refractivity (Wildman–Crippen MR) is 84.4 cm³/mol. The van der Waals surface area contributed by atoms with Crippen LogP contribution in [-0.2, 0) is 6.54 Å². The summed E-state index contributed by atoms with van der Waals surface area (Å²) in [7, 11) is 0. The zero-order chi connectivity index (χ0) is 13.4. The topological polar surface area (TPSA) is 4.93 Å². The van der Waals surface area contributed by atoms with E-state index in [4.69, 9.17) is 23.2 Å². The summed E-state index contributed by atoms with van der Waals surface area (Å²) in [5.41, 5.74) is 2.46. The van der Waals surface area contributed by atoms with Crippen LogP contribution in [0.1, 0.15) is 19.8 Å². The summed E-state index contributed by atoms with van der Waals surface area (Å²) in [6.07, 6.45) is 2.35. The van der Waals surface area contributed by atoms with E-state index in [2.05, 4.69) is 23.6 Å². The van der Waals surface area contributed by atoms with E-state index in [0.717, 1.165) is 16.6 Å². The van der Waals surface area contributed by atoms with E-state index >= 15 is 0 Å². The van der Waals surface area contributed by atoms with Crippen molar-refractivity contribution < 1.29 is 0 Å². The van der Waals surface area contributed by atoms with Crippen molar-refractivity contribution >= 4 is 45.0 Å². The fourth-order valence-electron chi connectivity index (χ4n) is 2.61. The van der Waals surface area contributed by atoms with Crippen molar-refractivity contribution in [1.29, 1.82) is 0 Å². The van der Waals surface area contributed by atoms with Crippen LogP contribution >= 0.6 is 23.2 Å². The third-order valence-electron chi connectivity index (χ3n) is 3.52. The van der Waals surface area contributed by atoms with Crippen molar-refractivity contribution in [1.82, 2.24) is 4.57 Å². The van der Waals surface area contributed by atoms with E-state index < -0.39 is 0 Å². The number of halogens is 2. The minimum atomic E-state index is 0.766. The SMILES string of the molecule is CCCCn1c2ccc(Cl)cc2c2cc(Cl)ccc21. The normalized spacial score (nSPS) is 11.5. The van der Waals surface area contributed by atoms with Crippen molar-refractivity contribution in [2.45, 2.75) is 26.3 Å². The first-order chi connectivity index (χ1) is 9.20. The molecule has 98 valence electrons. The Morgan fingerprint density at radius 3 is 1.89 bits per heavy atom. The van der Waals surface area contributed by atoms with Gasteiger partial charge in [0.2, 0.25) is 0 Å². The molecule has 3 aromatic rings. The summed E-state index contributed by atoms with van der Waals surface area (Å²) in [5.74, 6) is 0. The zero-order valence-electron chi connectivity index (χ0n) is 10.8. The van der Waals surface area contributed by atoms with E-state index in [1.54, 1.807) is 0 Å². The molecule has 3 heteroatoms. The average molecular weight is 292 g/mol. The number of hydrogen-bond donors (Lipinski definition) is 0. The summed E-state index contributed by atoms with van der Waals surface area (Å²) >= 11 is 12.3. The summed E-state index contributed by atoms with van der Waals surface area (Å²) < 4.78 is 2.36. The minimum Gasteiger partial charge on any atom is -0.340 e. The highest BCUT2D eigenvalue weighted by molar-refractivity contribution is 6.33. The molecule has 1 heterocycles. The third kappa shape index (κ3) is 2.22. The van der Waals surface area contributed by atoms with E-state index in [-0.39, 0.29) is 0 Å². The van der Waals surface area contributed by atoms with Gasteiger partial charge in [-0.25, -0.2) is 0 Å². The van der Waals surface area contributed by atoms with Crippen LogP contribution in [0.2, 0.25) is 10.0 Å². The number of aryl methyl sites for hydroxylation is 1. The molecule has 0 atom stereocenters. The number of rotatable bonds is 3. The second kappa shape index (κ2) is 5.07. The van der Waals surface area contributed by atoms with E-state index in [1.807, 2.05) is 24.3 Å². The smallest absolute Gasteiger partial charge is 0.0492 e. The molecule has 0 aliphatic heterocycles. The molecule has 0 saturated heterocycles. The van der Waals surface area contributed by atoms with Crippen LogP contribution in [-0.4, -0.2) is 4.57 Å². The Labute approximate surface area is 122 Å². The monoisotopic (exact) mass is 291 g/mol. The van der Waals surface area contributed by atoms with Crippen LogP contribution in [0.5, 0.6) is 0 Å². The molecule has 19 heavy (non-hydrogen) atoms. The van der Waals surface area contributed by atoms with Gasteiger partial charge in [0.05, 0.1) is 0 Å². The highest BCUT2D eigenvalue weighted by Crippen LogP contribution is 2.32. The first-order valence-electron chi connectivity index (χ1n) is 6.57. The van der Waals surface area contributed by atoms with Crippen molar-refractivity contribution in [3.05, 3.63) is 46.4 Å². The lowest BCUT2D eigenvalue weighted by molar-refractivity contribution is 0.665. The van der Waals surface area contributed by atoms with Crippen molar-refractivity contribution in [2.24, 2.45) is 0 Å². The van der Waals surface area contributed by atoms with Crippen LogP contribution in [0.3, 0.4) is 0 Å². The molecule has 0 radical (unpaired) electrons. The van der Waals surface area contributed by atoms with Gasteiger partial charge in [-0.15, -0.1) is 0 Å². The van der Waals surface area contributed by atoms with Gasteiger partial charge in [0, 0.05) is 38.4 Å². The molecule has 0 aliphatic rings. The second-order valence-electron chi connectivity index (χ2n) is 4.83. The fourth-order valence-corrected chi connectivity index (χ4v) is 2.95. The lowest BCUT2D eigenvalue weighted by Crippen LogP contribution is -1.96. The Morgan fingerprint density at radius 2 is 1.42 bits per heavy atom. The van der Waals surface area contributed by atoms with Crippen LogP contribution in [0.4, 0.5) is 0 Å². The molecule has 0 fully saturated rings. The second-order valence-corrected chi connectivity index (χ2v) is 5.70. The Morgan fingerprint density at radius 1 is 0.895 bits per heavy atom. The molecular formula is C16H15Cl2N. The zero-order valence-corrected chi connectivity index (χ0v) is 12.3. The van der Waals surface area contributed by atoms with Gasteiger partial charge < -0.3 is 4.57 Å². The molecule has 0 unspecified atom stereocenters. The number of benzene rings is 2. The molecule has 3 rings (SSSR count). The number of hydrogen-bond acceptors (Lipinski definition) is 0. The van der Waals surface area contributed by atoms with E-state index in [1.165, 1.54) is 34.6 Å². The van der Waals surface area contributed by atoms with Crippen LogP contribution in [0.15, 0.2) is 36.4 Å². The molecular weight excluding hydrogens is 277 g/mol. The van der Waals surface area contributed by atoms with Gasteiger partial charge in [-0.3, -0.25) is 0 Å². The quantitative estimate of drug-likeness (QED) is 0.566. The van der Waals surface area contributed by atoms with Crippen molar-refractivity contribution in [3.8, 4) is 0 Å². The Balaban J connectivity index is 2.36. The molecule has 1 nitrogen and oxygen atoms in total. The van der Waals surface area contributed by atoms with Crippen LogP contribution in [0.25, 0.3) is 21.8 Å². The predicted octanol–water partition coefficient (Wildman–Crippen LogP) is 5.90. The third-order valence-corrected chi connectivity index (χ3v) is 3.99. The molecule has 1 aromatic heterocycles. The Bertz CT molecular complexity index is 684. The Hall–Kier alpha value is -1.18. The molecule has 0 aliphatic carbocycles. The van der Waals surface area contributed by atoms with E-state index in [0.29, 0.717) is 0 Å². The minimum absolute atomic E-state index is 0.766. The maximum atomic E-state index is 6.13. The van der Waals surface area contributed by atoms with Gasteiger partial charge in [-0.1, -0.05) is 36.5 Å². The van der Waals surface area contributed by atoms with Crippen molar-refractivity contribution in [2.75, 3.05) is 0 Å². The summed E-state index contributed by atoms with van der Waals surface area (Å²) in [5, 5.41) is 3.89. The lowest BCUT2D eigenvalue weighted by atomic mass is 10.1. The van der Waals surface area contributed by atoms with Gasteiger partial charge in [-0.05, 0) is 42.8 Å². The average Bonchev–Trinajstić information content (AvgIpc) is 2.69. The number of unbranched alkanes of at least 4 members (excludes halogenated alkanes) is 1. The van der Waals surface area contributed by atoms with Crippen LogP contribution < -0.4 is 0 Å². The summed E-state index contributed by atoms with van der Waals surface area (Å²) in [6, 6.07) is 12.2. The summed E-state index contributed by atoms with van der Waals surface area (Å²) in [4.78, 5) is 0. The van der Waals surface area contributed by atoms with Crippen molar-refractivity contribution in [3.63, 3.8) is 0 Å².